The summed E-state index contributed by atoms with van der Waals surface area (Å²) in [6.07, 6.45) is 4.55. The van der Waals surface area contributed by atoms with E-state index in [1.54, 1.807) is 7.11 Å². The van der Waals surface area contributed by atoms with Crippen molar-refractivity contribution in [3.63, 3.8) is 0 Å². The summed E-state index contributed by atoms with van der Waals surface area (Å²) in [6, 6.07) is 7.96. The van der Waals surface area contributed by atoms with E-state index in [4.69, 9.17) is 14.7 Å². The van der Waals surface area contributed by atoms with Crippen molar-refractivity contribution in [1.29, 1.82) is 0 Å². The lowest BCUT2D eigenvalue weighted by molar-refractivity contribution is 0.346. The highest BCUT2D eigenvalue weighted by atomic mass is 16.5. The number of amidine groups is 1. The Morgan fingerprint density at radius 1 is 1.00 bits per heavy atom. The zero-order valence-electron chi connectivity index (χ0n) is 15.6. The molecule has 2 saturated heterocycles. The minimum Gasteiger partial charge on any atom is -0.496 e. The number of para-hydroxylation sites is 1. The first-order valence-corrected chi connectivity index (χ1v) is 9.77. The van der Waals surface area contributed by atoms with E-state index in [1.165, 1.54) is 25.7 Å². The van der Waals surface area contributed by atoms with E-state index < -0.39 is 0 Å². The quantitative estimate of drug-likeness (QED) is 0.857. The molecule has 2 fully saturated rings. The van der Waals surface area contributed by atoms with Crippen LogP contribution in [0.1, 0.15) is 31.2 Å². The number of nitrogens with zero attached hydrogens (tertiary/aromatic N) is 6. The molecule has 1 aromatic carbocycles. The lowest BCUT2D eigenvalue weighted by atomic mass is 10.1. The number of guanidine groups is 2. The second-order valence-corrected chi connectivity index (χ2v) is 7.24. The molecule has 4 aliphatic rings. The maximum Gasteiger partial charge on any atom is 0.227 e. The molecule has 4 aliphatic heterocycles. The van der Waals surface area contributed by atoms with Gasteiger partial charge in [0, 0.05) is 26.2 Å². The Morgan fingerprint density at radius 2 is 1.70 bits per heavy atom. The van der Waals surface area contributed by atoms with Gasteiger partial charge in [0.2, 0.25) is 18.2 Å². The van der Waals surface area contributed by atoms with Crippen molar-refractivity contribution in [2.24, 2.45) is 15.1 Å². The number of hydrogen-bond donors (Lipinski definition) is 1. The molecule has 4 heterocycles. The smallest absolute Gasteiger partial charge is 0.227 e. The van der Waals surface area contributed by atoms with Crippen LogP contribution in [0.2, 0.25) is 0 Å². The van der Waals surface area contributed by atoms with E-state index >= 15 is 0 Å². The number of nitrogens with one attached hydrogen (secondary N) is 1. The van der Waals surface area contributed by atoms with Crippen molar-refractivity contribution in [1.82, 2.24) is 20.1 Å². The zero-order chi connectivity index (χ0) is 18.2. The Hall–Kier alpha value is -2.77. The van der Waals surface area contributed by atoms with Gasteiger partial charge in [0.1, 0.15) is 5.75 Å². The molecule has 142 valence electrons. The van der Waals surface area contributed by atoms with Gasteiger partial charge in [-0.1, -0.05) is 12.1 Å². The van der Waals surface area contributed by atoms with E-state index in [-0.39, 0.29) is 6.29 Å². The molecule has 0 amide bonds. The van der Waals surface area contributed by atoms with Gasteiger partial charge in [-0.25, -0.2) is 4.99 Å². The van der Waals surface area contributed by atoms with Gasteiger partial charge in [-0.05, 0) is 37.8 Å². The predicted octanol–water partition coefficient (Wildman–Crippen LogP) is 1.46. The number of hydrogen-bond acceptors (Lipinski definition) is 8. The van der Waals surface area contributed by atoms with Gasteiger partial charge in [0.25, 0.3) is 0 Å². The zero-order valence-corrected chi connectivity index (χ0v) is 15.6. The molecule has 0 aromatic heterocycles. The second-order valence-electron chi connectivity index (χ2n) is 7.24. The fourth-order valence-corrected chi connectivity index (χ4v) is 4.15. The third-order valence-electron chi connectivity index (χ3n) is 5.54. The number of aliphatic imine (C=N–C) groups is 2. The van der Waals surface area contributed by atoms with Crippen LogP contribution in [0.4, 0.5) is 0 Å². The summed E-state index contributed by atoms with van der Waals surface area (Å²) in [5.41, 5.74) is 4.15. The molecule has 1 unspecified atom stereocenters. The number of hydrazone groups is 1. The topological polar surface area (TPSA) is 68.1 Å². The molecule has 5 rings (SSSR count). The molecule has 0 spiro atoms. The molecule has 27 heavy (non-hydrogen) atoms. The largest absolute Gasteiger partial charge is 0.496 e. The van der Waals surface area contributed by atoms with E-state index in [0.29, 0.717) is 0 Å². The maximum atomic E-state index is 5.57. The second kappa shape index (κ2) is 6.75. The lowest BCUT2D eigenvalue weighted by Gasteiger charge is -2.35. The third kappa shape index (κ3) is 2.79. The van der Waals surface area contributed by atoms with Crippen LogP contribution in [-0.4, -0.2) is 72.0 Å². The SMILES string of the molecule is COc1ccccc1C1=NNC2N=C(N3CCCC3)N=C(N3CCCC3)N12. The maximum absolute atomic E-state index is 5.57. The summed E-state index contributed by atoms with van der Waals surface area (Å²) >= 11 is 0. The Bertz CT molecular complexity index is 806. The van der Waals surface area contributed by atoms with E-state index in [1.807, 2.05) is 24.3 Å². The molecule has 1 aromatic rings. The highest BCUT2D eigenvalue weighted by molar-refractivity contribution is 6.14. The predicted molar refractivity (Wildman–Crippen MR) is 105 cm³/mol. The lowest BCUT2D eigenvalue weighted by Crippen LogP contribution is -2.54. The number of likely N-dealkylation sites (tertiary alicyclic amines) is 2. The van der Waals surface area contributed by atoms with Gasteiger partial charge < -0.3 is 14.5 Å². The van der Waals surface area contributed by atoms with Crippen molar-refractivity contribution in [3.8, 4) is 5.75 Å². The van der Waals surface area contributed by atoms with Crippen LogP contribution in [0.25, 0.3) is 0 Å². The van der Waals surface area contributed by atoms with Crippen LogP contribution < -0.4 is 10.2 Å². The van der Waals surface area contributed by atoms with Crippen molar-refractivity contribution < 1.29 is 4.74 Å². The molecule has 0 radical (unpaired) electrons. The molecule has 1 N–H and O–H groups in total. The normalized spacial score (nSPS) is 24.4. The highest BCUT2D eigenvalue weighted by Crippen LogP contribution is 2.28. The average Bonchev–Trinajstić information content (AvgIpc) is 3.48. The Morgan fingerprint density at radius 3 is 2.44 bits per heavy atom. The van der Waals surface area contributed by atoms with Gasteiger partial charge >= 0.3 is 0 Å². The molecule has 0 aliphatic carbocycles. The van der Waals surface area contributed by atoms with E-state index in [9.17, 15) is 0 Å². The highest BCUT2D eigenvalue weighted by Gasteiger charge is 2.40. The number of benzene rings is 1. The minimum atomic E-state index is -0.256. The first kappa shape index (κ1) is 16.4. The number of rotatable bonds is 2. The molecule has 8 nitrogen and oxygen atoms in total. The van der Waals surface area contributed by atoms with Crippen molar-refractivity contribution in [2.45, 2.75) is 32.0 Å². The Labute approximate surface area is 159 Å². The van der Waals surface area contributed by atoms with E-state index in [0.717, 1.165) is 55.2 Å². The average molecular weight is 367 g/mol. The van der Waals surface area contributed by atoms with Crippen LogP contribution in [0, 0.1) is 0 Å². The third-order valence-corrected chi connectivity index (χ3v) is 5.54. The van der Waals surface area contributed by atoms with Crippen LogP contribution in [0.5, 0.6) is 5.75 Å². The van der Waals surface area contributed by atoms with Crippen LogP contribution in [0.15, 0.2) is 39.4 Å². The summed E-state index contributed by atoms with van der Waals surface area (Å²) in [4.78, 5) is 16.6. The molecule has 1 atom stereocenters. The van der Waals surface area contributed by atoms with Gasteiger partial charge in [0.05, 0.1) is 12.7 Å². The first-order chi connectivity index (χ1) is 13.3. The van der Waals surface area contributed by atoms with Gasteiger partial charge in [-0.3, -0.25) is 10.3 Å². The minimum absolute atomic E-state index is 0.256. The standard InChI is InChI=1S/C19H25N7O/c1-27-15-9-3-2-8-14(15)16-22-23-18-20-17(24-10-4-5-11-24)21-19(26(16)18)25-12-6-7-13-25/h2-3,8-9,18,23H,4-7,10-13H2,1H3. The molecular formula is C19H25N7O. The summed E-state index contributed by atoms with van der Waals surface area (Å²) in [7, 11) is 1.69. The van der Waals surface area contributed by atoms with Crippen molar-refractivity contribution in [3.05, 3.63) is 29.8 Å². The fourth-order valence-electron chi connectivity index (χ4n) is 4.15. The van der Waals surface area contributed by atoms with Gasteiger partial charge in [-0.2, -0.15) is 10.1 Å². The molecular weight excluding hydrogens is 342 g/mol. The monoisotopic (exact) mass is 367 g/mol. The summed E-state index contributed by atoms with van der Waals surface area (Å²) in [5, 5.41) is 4.62. The number of ether oxygens (including phenoxy) is 1. The van der Waals surface area contributed by atoms with Gasteiger partial charge in [-0.15, -0.1) is 0 Å². The Balaban J connectivity index is 1.53. The number of fused-ring (bicyclic) bond motifs is 1. The fraction of sp³-hybridized carbons (Fsp3) is 0.526. The molecule has 0 bridgehead atoms. The summed E-state index contributed by atoms with van der Waals surface area (Å²) in [5.74, 6) is 3.39. The number of methoxy groups -OCH3 is 1. The van der Waals surface area contributed by atoms with Crippen LogP contribution in [-0.2, 0) is 0 Å². The summed E-state index contributed by atoms with van der Waals surface area (Å²) in [6.45, 7) is 4.11. The molecule has 8 heteroatoms. The van der Waals surface area contributed by atoms with Crippen LogP contribution in [0.3, 0.4) is 0 Å². The Kier molecular flexibility index (Phi) is 4.10. The van der Waals surface area contributed by atoms with Crippen molar-refractivity contribution in [2.75, 3.05) is 33.3 Å². The summed E-state index contributed by atoms with van der Waals surface area (Å²) < 4.78 is 5.57. The first-order valence-electron chi connectivity index (χ1n) is 9.77. The van der Waals surface area contributed by atoms with E-state index in [2.05, 4.69) is 25.2 Å². The van der Waals surface area contributed by atoms with Gasteiger partial charge in [0.15, 0.2) is 5.84 Å². The van der Waals surface area contributed by atoms with Crippen LogP contribution >= 0.6 is 0 Å². The van der Waals surface area contributed by atoms with Crippen molar-refractivity contribution >= 4 is 17.8 Å². The molecule has 0 saturated carbocycles.